The van der Waals surface area contributed by atoms with E-state index in [1.807, 2.05) is 32.9 Å². The van der Waals surface area contributed by atoms with Crippen LogP contribution in [0.4, 0.5) is 0 Å². The topological polar surface area (TPSA) is 73.9 Å². The number of hydrogen-bond donors (Lipinski definition) is 1. The van der Waals surface area contributed by atoms with Crippen molar-refractivity contribution in [1.82, 2.24) is 5.32 Å². The van der Waals surface area contributed by atoms with Crippen molar-refractivity contribution in [2.75, 3.05) is 19.8 Å². The van der Waals surface area contributed by atoms with Gasteiger partial charge in [-0.2, -0.15) is 0 Å². The summed E-state index contributed by atoms with van der Waals surface area (Å²) < 4.78 is 16.3. The maximum atomic E-state index is 12.3. The van der Waals surface area contributed by atoms with E-state index < -0.39 is 11.9 Å². The van der Waals surface area contributed by atoms with Crippen molar-refractivity contribution in [1.29, 1.82) is 0 Å². The molecule has 1 N–H and O–H groups in total. The van der Waals surface area contributed by atoms with Gasteiger partial charge in [0.05, 0.1) is 24.8 Å². The van der Waals surface area contributed by atoms with Gasteiger partial charge in [0.15, 0.2) is 18.1 Å². The zero-order valence-electron chi connectivity index (χ0n) is 16.9. The lowest BCUT2D eigenvalue weighted by atomic mass is 10.1. The van der Waals surface area contributed by atoms with E-state index >= 15 is 0 Å². The Kier molecular flexibility index (Phi) is 8.80. The van der Waals surface area contributed by atoms with Crippen molar-refractivity contribution < 1.29 is 23.8 Å². The molecule has 1 atom stereocenters. The monoisotopic (exact) mass is 419 g/mol. The Balaban J connectivity index is 1.93. The summed E-state index contributed by atoms with van der Waals surface area (Å²) in [5.74, 6) is 0.0186. The Morgan fingerprint density at radius 2 is 1.86 bits per heavy atom. The Labute approximate surface area is 176 Å². The van der Waals surface area contributed by atoms with Crippen LogP contribution in [-0.4, -0.2) is 31.7 Å². The summed E-state index contributed by atoms with van der Waals surface area (Å²) in [5, 5.41) is 3.36. The maximum absolute atomic E-state index is 12.3. The first-order chi connectivity index (χ1) is 13.9. The first kappa shape index (κ1) is 22.6. The molecule has 0 saturated heterocycles. The van der Waals surface area contributed by atoms with Crippen LogP contribution in [-0.2, 0) is 9.53 Å². The van der Waals surface area contributed by atoms with Crippen LogP contribution in [0.5, 0.6) is 11.5 Å². The fourth-order valence-electron chi connectivity index (χ4n) is 2.59. The highest BCUT2D eigenvalue weighted by Crippen LogP contribution is 2.29. The molecule has 0 bridgehead atoms. The molecule has 1 amide bonds. The second-order valence-corrected chi connectivity index (χ2v) is 6.80. The summed E-state index contributed by atoms with van der Waals surface area (Å²) in [6.45, 7) is 6.28. The number of rotatable bonds is 10. The van der Waals surface area contributed by atoms with E-state index in [-0.39, 0.29) is 18.2 Å². The predicted molar refractivity (Wildman–Crippen MR) is 112 cm³/mol. The third kappa shape index (κ3) is 6.98. The Bertz CT molecular complexity index is 840. The van der Waals surface area contributed by atoms with Crippen molar-refractivity contribution in [2.24, 2.45) is 0 Å². The molecule has 156 valence electrons. The van der Waals surface area contributed by atoms with Crippen molar-refractivity contribution >= 4 is 23.5 Å². The van der Waals surface area contributed by atoms with Crippen molar-refractivity contribution in [3.63, 3.8) is 0 Å². The van der Waals surface area contributed by atoms with E-state index in [2.05, 4.69) is 5.32 Å². The first-order valence-electron chi connectivity index (χ1n) is 9.56. The Hall–Kier alpha value is -2.73. The van der Waals surface area contributed by atoms with Gasteiger partial charge < -0.3 is 19.5 Å². The minimum atomic E-state index is -0.612. The first-order valence-corrected chi connectivity index (χ1v) is 9.94. The number of ether oxygens (including phenoxy) is 3. The van der Waals surface area contributed by atoms with Crippen molar-refractivity contribution in [3.05, 3.63) is 58.6 Å². The number of esters is 1. The number of benzene rings is 2. The molecule has 0 heterocycles. The van der Waals surface area contributed by atoms with Crippen LogP contribution in [0.2, 0.25) is 5.02 Å². The fraction of sp³-hybridized carbons (Fsp3) is 0.364. The number of nitrogens with one attached hydrogen (secondary N) is 1. The largest absolute Gasteiger partial charge is 0.490 e. The quantitative estimate of drug-likeness (QED) is 0.571. The summed E-state index contributed by atoms with van der Waals surface area (Å²) >= 11 is 5.97. The van der Waals surface area contributed by atoms with E-state index in [9.17, 15) is 9.59 Å². The summed E-state index contributed by atoms with van der Waals surface area (Å²) in [6.07, 6.45) is 0.859. The lowest BCUT2D eigenvalue weighted by Gasteiger charge is -2.15. The third-order valence-electron chi connectivity index (χ3n) is 4.00. The minimum Gasteiger partial charge on any atom is -0.490 e. The maximum Gasteiger partial charge on any atom is 0.338 e. The van der Waals surface area contributed by atoms with Gasteiger partial charge >= 0.3 is 5.97 Å². The van der Waals surface area contributed by atoms with Gasteiger partial charge in [-0.05, 0) is 56.2 Å². The van der Waals surface area contributed by atoms with E-state index in [0.717, 1.165) is 12.0 Å². The molecule has 6 nitrogen and oxygen atoms in total. The van der Waals surface area contributed by atoms with Crippen LogP contribution in [0.15, 0.2) is 42.5 Å². The highest BCUT2D eigenvalue weighted by molar-refractivity contribution is 6.30. The van der Waals surface area contributed by atoms with Gasteiger partial charge in [-0.15, -0.1) is 0 Å². The van der Waals surface area contributed by atoms with Crippen LogP contribution < -0.4 is 14.8 Å². The molecular formula is C22H26ClNO5. The molecule has 0 aliphatic carbocycles. The molecule has 0 unspecified atom stereocenters. The Morgan fingerprint density at radius 3 is 2.55 bits per heavy atom. The van der Waals surface area contributed by atoms with Gasteiger partial charge in [0, 0.05) is 5.02 Å². The lowest BCUT2D eigenvalue weighted by Crippen LogP contribution is -2.31. The highest BCUT2D eigenvalue weighted by Gasteiger charge is 2.16. The fourth-order valence-corrected chi connectivity index (χ4v) is 2.79. The number of carbonyl (C=O) groups is 2. The number of amides is 1. The average Bonchev–Trinajstić information content (AvgIpc) is 2.71. The normalized spacial score (nSPS) is 11.4. The standard InChI is InChI=1S/C22H26ClNO5/c1-4-11-28-19-10-9-17(13-20(19)27-5-2)22(26)29-14-21(25)24-15(3)16-7-6-8-18(23)12-16/h6-10,12-13,15H,4-5,11,14H2,1-3H3,(H,24,25)/t15-/m1/s1. The van der Waals surface area contributed by atoms with Gasteiger partial charge in [-0.25, -0.2) is 4.79 Å². The summed E-state index contributed by atoms with van der Waals surface area (Å²) in [5.41, 5.74) is 1.15. The van der Waals surface area contributed by atoms with Crippen molar-refractivity contribution in [2.45, 2.75) is 33.2 Å². The lowest BCUT2D eigenvalue weighted by molar-refractivity contribution is -0.124. The average molecular weight is 420 g/mol. The number of carbonyl (C=O) groups excluding carboxylic acids is 2. The molecule has 0 aliphatic rings. The molecule has 2 aromatic carbocycles. The van der Waals surface area contributed by atoms with Gasteiger partial charge in [0.1, 0.15) is 0 Å². The summed E-state index contributed by atoms with van der Waals surface area (Å²) in [4.78, 5) is 24.4. The molecule has 2 aromatic rings. The highest BCUT2D eigenvalue weighted by atomic mass is 35.5. The van der Waals surface area contributed by atoms with Crippen LogP contribution in [0.3, 0.4) is 0 Å². The van der Waals surface area contributed by atoms with Crippen LogP contribution in [0.25, 0.3) is 0 Å². The molecule has 7 heteroatoms. The van der Waals surface area contributed by atoms with Crippen LogP contribution >= 0.6 is 11.6 Å². The molecule has 2 rings (SSSR count). The number of hydrogen-bond acceptors (Lipinski definition) is 5. The van der Waals surface area contributed by atoms with Crippen molar-refractivity contribution in [3.8, 4) is 11.5 Å². The van der Waals surface area contributed by atoms with E-state index in [1.54, 1.807) is 30.3 Å². The minimum absolute atomic E-state index is 0.264. The smallest absolute Gasteiger partial charge is 0.338 e. The van der Waals surface area contributed by atoms with E-state index in [1.165, 1.54) is 0 Å². The molecule has 0 fully saturated rings. The van der Waals surface area contributed by atoms with Gasteiger partial charge in [-0.3, -0.25) is 4.79 Å². The second-order valence-electron chi connectivity index (χ2n) is 6.36. The number of halogens is 1. The van der Waals surface area contributed by atoms with E-state index in [0.29, 0.717) is 29.7 Å². The van der Waals surface area contributed by atoms with Gasteiger partial charge in [0.2, 0.25) is 0 Å². The molecule has 0 saturated carbocycles. The van der Waals surface area contributed by atoms with Crippen LogP contribution in [0.1, 0.15) is 49.2 Å². The van der Waals surface area contributed by atoms with E-state index in [4.69, 9.17) is 25.8 Å². The third-order valence-corrected chi connectivity index (χ3v) is 4.24. The molecular weight excluding hydrogens is 394 g/mol. The SMILES string of the molecule is CCCOc1ccc(C(=O)OCC(=O)N[C@H](C)c2cccc(Cl)c2)cc1OCC. The summed E-state index contributed by atoms with van der Waals surface area (Å²) in [6, 6.07) is 11.8. The Morgan fingerprint density at radius 1 is 1.07 bits per heavy atom. The predicted octanol–water partition coefficient (Wildman–Crippen LogP) is 4.56. The molecule has 29 heavy (non-hydrogen) atoms. The van der Waals surface area contributed by atoms with Gasteiger partial charge in [0.25, 0.3) is 5.91 Å². The second kappa shape index (κ2) is 11.3. The zero-order valence-corrected chi connectivity index (χ0v) is 17.6. The molecule has 0 aliphatic heterocycles. The van der Waals surface area contributed by atoms with Gasteiger partial charge in [-0.1, -0.05) is 30.7 Å². The molecule has 0 radical (unpaired) electrons. The molecule has 0 spiro atoms. The molecule has 0 aromatic heterocycles. The summed E-state index contributed by atoms with van der Waals surface area (Å²) in [7, 11) is 0. The van der Waals surface area contributed by atoms with Crippen LogP contribution in [0, 0.1) is 0 Å². The zero-order chi connectivity index (χ0) is 21.2.